The van der Waals surface area contributed by atoms with E-state index < -0.39 is 6.10 Å². The minimum absolute atomic E-state index is 0.0481. The summed E-state index contributed by atoms with van der Waals surface area (Å²) in [6.45, 7) is 3.96. The molecule has 116 valence electrons. The number of rotatable bonds is 5. The summed E-state index contributed by atoms with van der Waals surface area (Å²) in [4.78, 5) is 14.3. The molecule has 6 heteroatoms. The summed E-state index contributed by atoms with van der Waals surface area (Å²) < 4.78 is 0. The molecule has 0 aromatic heterocycles. The lowest BCUT2D eigenvalue weighted by molar-refractivity contribution is -0.126. The number of benzene rings is 1. The molecule has 1 aliphatic heterocycles. The van der Waals surface area contributed by atoms with Gasteiger partial charge in [-0.2, -0.15) is 11.8 Å². The van der Waals surface area contributed by atoms with Crippen molar-refractivity contribution in [2.75, 3.05) is 31.1 Å². The van der Waals surface area contributed by atoms with Gasteiger partial charge in [-0.1, -0.05) is 29.8 Å². The predicted octanol–water partition coefficient (Wildman–Crippen LogP) is 1.93. The molecule has 0 saturated carbocycles. The Balaban J connectivity index is 1.84. The van der Waals surface area contributed by atoms with Gasteiger partial charge in [0.05, 0.1) is 12.1 Å². The lowest BCUT2D eigenvalue weighted by atomic mass is 10.1. The monoisotopic (exact) mass is 328 g/mol. The molecule has 0 bridgehead atoms. The molecule has 0 spiro atoms. The molecule has 2 rings (SSSR count). The Morgan fingerprint density at radius 3 is 2.76 bits per heavy atom. The van der Waals surface area contributed by atoms with Gasteiger partial charge in [-0.15, -0.1) is 0 Å². The normalized spacial score (nSPS) is 19.0. The van der Waals surface area contributed by atoms with E-state index in [-0.39, 0.29) is 18.5 Å². The van der Waals surface area contributed by atoms with Gasteiger partial charge in [0.1, 0.15) is 0 Å². The lowest BCUT2D eigenvalue weighted by Gasteiger charge is -2.31. The molecule has 0 radical (unpaired) electrons. The van der Waals surface area contributed by atoms with Crippen LogP contribution in [0.1, 0.15) is 18.6 Å². The van der Waals surface area contributed by atoms with Gasteiger partial charge < -0.3 is 10.4 Å². The van der Waals surface area contributed by atoms with E-state index in [1.54, 1.807) is 12.1 Å². The number of halogens is 1. The van der Waals surface area contributed by atoms with Crippen molar-refractivity contribution in [1.82, 2.24) is 10.2 Å². The summed E-state index contributed by atoms with van der Waals surface area (Å²) in [5.41, 5.74) is 0.640. The molecule has 2 N–H and O–H groups in total. The van der Waals surface area contributed by atoms with Crippen LogP contribution in [0.4, 0.5) is 0 Å². The summed E-state index contributed by atoms with van der Waals surface area (Å²) in [6, 6.07) is 6.97. The summed E-state index contributed by atoms with van der Waals surface area (Å²) in [7, 11) is 0. The molecule has 21 heavy (non-hydrogen) atoms. The third-order valence-electron chi connectivity index (χ3n) is 3.71. The highest BCUT2D eigenvalue weighted by Gasteiger charge is 2.23. The van der Waals surface area contributed by atoms with Gasteiger partial charge in [0, 0.05) is 41.7 Å². The van der Waals surface area contributed by atoms with Gasteiger partial charge in [0.2, 0.25) is 5.91 Å². The summed E-state index contributed by atoms with van der Waals surface area (Å²) in [6.07, 6.45) is -0.785. The first kappa shape index (κ1) is 16.6. The lowest BCUT2D eigenvalue weighted by Crippen LogP contribution is -2.48. The van der Waals surface area contributed by atoms with E-state index in [1.165, 1.54) is 0 Å². The maximum Gasteiger partial charge on any atom is 0.237 e. The second-order valence-electron chi connectivity index (χ2n) is 5.11. The molecular formula is C15H21ClN2O2S. The number of carbonyl (C=O) groups excluding carboxylic acids is 1. The number of hydrogen-bond acceptors (Lipinski definition) is 4. The van der Waals surface area contributed by atoms with Crippen LogP contribution in [0.3, 0.4) is 0 Å². The second kappa shape index (κ2) is 8.03. The first-order valence-corrected chi connectivity index (χ1v) is 8.65. The molecule has 4 nitrogen and oxygen atoms in total. The Hall–Kier alpha value is -0.750. The van der Waals surface area contributed by atoms with Crippen molar-refractivity contribution >= 4 is 29.3 Å². The maximum absolute atomic E-state index is 12.2. The van der Waals surface area contributed by atoms with E-state index in [0.29, 0.717) is 10.6 Å². The predicted molar refractivity (Wildman–Crippen MR) is 87.8 cm³/mol. The highest BCUT2D eigenvalue weighted by atomic mass is 35.5. The van der Waals surface area contributed by atoms with Crippen LogP contribution in [0.25, 0.3) is 0 Å². The molecule has 2 atom stereocenters. The highest BCUT2D eigenvalue weighted by molar-refractivity contribution is 7.99. The van der Waals surface area contributed by atoms with Gasteiger partial charge in [-0.25, -0.2) is 0 Å². The van der Waals surface area contributed by atoms with Crippen LogP contribution < -0.4 is 5.32 Å². The number of hydrogen-bond donors (Lipinski definition) is 2. The fraction of sp³-hybridized carbons (Fsp3) is 0.533. The highest BCUT2D eigenvalue weighted by Crippen LogP contribution is 2.22. The van der Waals surface area contributed by atoms with Crippen LogP contribution >= 0.6 is 23.4 Å². The van der Waals surface area contributed by atoms with Crippen molar-refractivity contribution in [3.63, 3.8) is 0 Å². The van der Waals surface area contributed by atoms with Gasteiger partial charge in [-0.05, 0) is 13.0 Å². The Morgan fingerprint density at radius 2 is 2.10 bits per heavy atom. The SMILES string of the molecule is CC(C(=O)NCC(O)c1ccccc1Cl)N1CCSCC1. The third-order valence-corrected chi connectivity index (χ3v) is 4.99. The third kappa shape index (κ3) is 4.61. The zero-order valence-corrected chi connectivity index (χ0v) is 13.7. The number of nitrogens with zero attached hydrogens (tertiary/aromatic N) is 1. The molecule has 1 saturated heterocycles. The minimum Gasteiger partial charge on any atom is -0.387 e. The Morgan fingerprint density at radius 1 is 1.43 bits per heavy atom. The first-order valence-electron chi connectivity index (χ1n) is 7.11. The molecule has 1 aromatic rings. The van der Waals surface area contributed by atoms with Crippen molar-refractivity contribution in [2.24, 2.45) is 0 Å². The fourth-order valence-corrected chi connectivity index (χ4v) is 3.52. The van der Waals surface area contributed by atoms with Gasteiger partial charge in [-0.3, -0.25) is 9.69 Å². The molecule has 1 heterocycles. The molecular weight excluding hydrogens is 308 g/mol. The number of aliphatic hydroxyl groups is 1. The first-order chi connectivity index (χ1) is 10.1. The van der Waals surface area contributed by atoms with Crippen LogP contribution in [0.5, 0.6) is 0 Å². The molecule has 2 unspecified atom stereocenters. The van der Waals surface area contributed by atoms with Crippen molar-refractivity contribution in [2.45, 2.75) is 19.1 Å². The van der Waals surface area contributed by atoms with Gasteiger partial charge in [0.25, 0.3) is 0 Å². The summed E-state index contributed by atoms with van der Waals surface area (Å²) in [5.74, 6) is 2.09. The van der Waals surface area contributed by atoms with Crippen LogP contribution in [0.15, 0.2) is 24.3 Å². The van der Waals surface area contributed by atoms with E-state index in [9.17, 15) is 9.90 Å². The quantitative estimate of drug-likeness (QED) is 0.867. The zero-order chi connectivity index (χ0) is 15.2. The summed E-state index contributed by atoms with van der Waals surface area (Å²) in [5, 5.41) is 13.4. The van der Waals surface area contributed by atoms with Crippen molar-refractivity contribution in [3.05, 3.63) is 34.9 Å². The Labute approximate surface area is 134 Å². The fourth-order valence-electron chi connectivity index (χ4n) is 2.33. The average molecular weight is 329 g/mol. The molecule has 0 aliphatic carbocycles. The standard InChI is InChI=1S/C15H21ClN2O2S/c1-11(18-6-8-21-9-7-18)15(20)17-10-14(19)12-4-2-3-5-13(12)16/h2-5,11,14,19H,6-10H2,1H3,(H,17,20). The van der Waals surface area contributed by atoms with E-state index in [4.69, 9.17) is 11.6 Å². The van der Waals surface area contributed by atoms with E-state index in [1.807, 2.05) is 30.8 Å². The van der Waals surface area contributed by atoms with Crippen LogP contribution in [0.2, 0.25) is 5.02 Å². The topological polar surface area (TPSA) is 52.6 Å². The Bertz CT molecular complexity index is 480. The van der Waals surface area contributed by atoms with Crippen molar-refractivity contribution < 1.29 is 9.90 Å². The molecule has 1 aromatic carbocycles. The molecule has 1 aliphatic rings. The zero-order valence-electron chi connectivity index (χ0n) is 12.1. The maximum atomic E-state index is 12.2. The number of thioether (sulfide) groups is 1. The van der Waals surface area contributed by atoms with Crippen molar-refractivity contribution in [3.8, 4) is 0 Å². The Kier molecular flexibility index (Phi) is 6.36. The number of nitrogens with one attached hydrogen (secondary N) is 1. The molecule has 1 amide bonds. The largest absolute Gasteiger partial charge is 0.387 e. The number of amides is 1. The van der Waals surface area contributed by atoms with Crippen LogP contribution in [-0.2, 0) is 4.79 Å². The van der Waals surface area contributed by atoms with Gasteiger partial charge >= 0.3 is 0 Å². The van der Waals surface area contributed by atoms with Crippen molar-refractivity contribution in [1.29, 1.82) is 0 Å². The number of aliphatic hydroxyl groups excluding tert-OH is 1. The number of carbonyl (C=O) groups is 1. The van der Waals surface area contributed by atoms with Crippen LogP contribution in [0, 0.1) is 0 Å². The van der Waals surface area contributed by atoms with E-state index in [0.717, 1.165) is 24.6 Å². The minimum atomic E-state index is -0.785. The smallest absolute Gasteiger partial charge is 0.237 e. The van der Waals surface area contributed by atoms with Gasteiger partial charge in [0.15, 0.2) is 0 Å². The van der Waals surface area contributed by atoms with E-state index in [2.05, 4.69) is 10.2 Å². The second-order valence-corrected chi connectivity index (χ2v) is 6.74. The van der Waals surface area contributed by atoms with E-state index >= 15 is 0 Å². The molecule has 1 fully saturated rings. The summed E-state index contributed by atoms with van der Waals surface area (Å²) >= 11 is 7.95. The van der Waals surface area contributed by atoms with Crippen LogP contribution in [-0.4, -0.2) is 53.1 Å². The average Bonchev–Trinajstić information content (AvgIpc) is 2.52.